The van der Waals surface area contributed by atoms with E-state index in [4.69, 9.17) is 4.42 Å². The van der Waals surface area contributed by atoms with Gasteiger partial charge in [0.1, 0.15) is 5.82 Å². The Kier molecular flexibility index (Phi) is 4.38. The van der Waals surface area contributed by atoms with Gasteiger partial charge in [-0.15, -0.1) is 0 Å². The summed E-state index contributed by atoms with van der Waals surface area (Å²) in [6, 6.07) is 1.98. The predicted molar refractivity (Wildman–Crippen MR) is 66.6 cm³/mol. The molecule has 0 aliphatic heterocycles. The Morgan fingerprint density at radius 1 is 1.47 bits per heavy atom. The number of hydrogen-bond acceptors (Lipinski definition) is 3. The molecule has 0 spiro atoms. The van der Waals surface area contributed by atoms with Crippen molar-refractivity contribution in [2.45, 2.75) is 32.9 Å². The molecule has 0 saturated carbocycles. The van der Waals surface area contributed by atoms with Gasteiger partial charge in [0.05, 0.1) is 12.5 Å². The molecule has 4 nitrogen and oxygen atoms in total. The number of hydrogen-bond donors (Lipinski definition) is 1. The lowest BCUT2D eigenvalue weighted by Crippen LogP contribution is -2.20. The van der Waals surface area contributed by atoms with Gasteiger partial charge in [-0.2, -0.15) is 0 Å². The predicted octanol–water partition coefficient (Wildman–Crippen LogP) is 2.22. The molecule has 2 rings (SSSR count). The van der Waals surface area contributed by atoms with Crippen LogP contribution in [0.1, 0.15) is 24.7 Å². The lowest BCUT2D eigenvalue weighted by atomic mass is 10.3. The Bertz CT molecular complexity index is 420. The zero-order chi connectivity index (χ0) is 11.9. The highest BCUT2D eigenvalue weighted by molar-refractivity contribution is 5.04. The monoisotopic (exact) mass is 233 g/mol. The van der Waals surface area contributed by atoms with Gasteiger partial charge in [-0.1, -0.05) is 6.92 Å². The third-order valence-corrected chi connectivity index (χ3v) is 2.71. The molecule has 0 saturated heterocycles. The standard InChI is InChI=1S/C13H19N3O/c1-2-3-13-15-6-8-16(13)7-5-14-10-12-4-9-17-11-12/h4,6,8-9,11,14H,2-3,5,7,10H2,1H3. The molecule has 92 valence electrons. The Labute approximate surface area is 102 Å². The van der Waals surface area contributed by atoms with Crippen molar-refractivity contribution < 1.29 is 4.42 Å². The van der Waals surface area contributed by atoms with Crippen LogP contribution in [0.3, 0.4) is 0 Å². The molecule has 0 atom stereocenters. The zero-order valence-corrected chi connectivity index (χ0v) is 10.2. The van der Waals surface area contributed by atoms with E-state index in [2.05, 4.69) is 21.8 Å². The smallest absolute Gasteiger partial charge is 0.108 e. The fourth-order valence-electron chi connectivity index (χ4n) is 1.82. The maximum Gasteiger partial charge on any atom is 0.108 e. The number of nitrogens with one attached hydrogen (secondary N) is 1. The fraction of sp³-hybridized carbons (Fsp3) is 0.462. The van der Waals surface area contributed by atoms with Crippen LogP contribution < -0.4 is 5.32 Å². The second kappa shape index (κ2) is 6.25. The molecule has 2 aromatic rings. The van der Waals surface area contributed by atoms with Crippen molar-refractivity contribution in [2.24, 2.45) is 0 Å². The molecule has 0 fully saturated rings. The molecule has 1 N–H and O–H groups in total. The quantitative estimate of drug-likeness (QED) is 0.746. The van der Waals surface area contributed by atoms with Crippen molar-refractivity contribution in [3.05, 3.63) is 42.4 Å². The molecule has 0 bridgehead atoms. The lowest BCUT2D eigenvalue weighted by Gasteiger charge is -2.07. The van der Waals surface area contributed by atoms with E-state index in [-0.39, 0.29) is 0 Å². The average molecular weight is 233 g/mol. The van der Waals surface area contributed by atoms with E-state index in [1.165, 1.54) is 11.4 Å². The minimum atomic E-state index is 0.855. The van der Waals surface area contributed by atoms with Crippen LogP contribution in [-0.4, -0.2) is 16.1 Å². The number of aromatic nitrogens is 2. The van der Waals surface area contributed by atoms with Crippen LogP contribution in [-0.2, 0) is 19.5 Å². The lowest BCUT2D eigenvalue weighted by molar-refractivity contribution is 0.552. The van der Waals surface area contributed by atoms with Crippen molar-refractivity contribution >= 4 is 0 Å². The van der Waals surface area contributed by atoms with Crippen molar-refractivity contribution in [2.75, 3.05) is 6.54 Å². The van der Waals surface area contributed by atoms with Gasteiger partial charge in [0.25, 0.3) is 0 Å². The minimum absolute atomic E-state index is 0.855. The summed E-state index contributed by atoms with van der Waals surface area (Å²) in [4.78, 5) is 4.35. The van der Waals surface area contributed by atoms with E-state index in [0.29, 0.717) is 0 Å². The number of nitrogens with zero attached hydrogens (tertiary/aromatic N) is 2. The summed E-state index contributed by atoms with van der Waals surface area (Å²) < 4.78 is 7.23. The van der Waals surface area contributed by atoms with Crippen LogP contribution in [0.15, 0.2) is 35.4 Å². The Balaban J connectivity index is 1.72. The summed E-state index contributed by atoms with van der Waals surface area (Å²) in [6.07, 6.45) is 9.58. The first-order chi connectivity index (χ1) is 8.40. The Hall–Kier alpha value is -1.55. The highest BCUT2D eigenvalue weighted by atomic mass is 16.3. The van der Waals surface area contributed by atoms with Crippen LogP contribution in [0.25, 0.3) is 0 Å². The van der Waals surface area contributed by atoms with Crippen molar-refractivity contribution in [3.63, 3.8) is 0 Å². The molecular weight excluding hydrogens is 214 g/mol. The number of imidazole rings is 1. The second-order valence-electron chi connectivity index (χ2n) is 4.10. The summed E-state index contributed by atoms with van der Waals surface area (Å²) in [6.45, 7) is 4.94. The first kappa shape index (κ1) is 11.9. The first-order valence-electron chi connectivity index (χ1n) is 6.12. The molecule has 0 aliphatic carbocycles. The van der Waals surface area contributed by atoms with Crippen LogP contribution in [0.2, 0.25) is 0 Å². The van der Waals surface area contributed by atoms with Crippen molar-refractivity contribution in [1.82, 2.24) is 14.9 Å². The molecule has 0 unspecified atom stereocenters. The van der Waals surface area contributed by atoms with E-state index in [1.54, 1.807) is 12.5 Å². The minimum Gasteiger partial charge on any atom is -0.472 e. The molecule has 0 radical (unpaired) electrons. The third-order valence-electron chi connectivity index (χ3n) is 2.71. The van der Waals surface area contributed by atoms with Gasteiger partial charge in [-0.3, -0.25) is 0 Å². The first-order valence-corrected chi connectivity index (χ1v) is 6.12. The SMILES string of the molecule is CCCc1nccn1CCNCc1ccoc1. The molecule has 0 aromatic carbocycles. The van der Waals surface area contributed by atoms with Crippen LogP contribution in [0.4, 0.5) is 0 Å². The molecule has 17 heavy (non-hydrogen) atoms. The number of rotatable bonds is 7. The average Bonchev–Trinajstić information content (AvgIpc) is 2.96. The van der Waals surface area contributed by atoms with Crippen LogP contribution >= 0.6 is 0 Å². The summed E-state index contributed by atoms with van der Waals surface area (Å²) in [5, 5.41) is 3.39. The molecule has 0 aliphatic rings. The zero-order valence-electron chi connectivity index (χ0n) is 10.2. The van der Waals surface area contributed by atoms with E-state index < -0.39 is 0 Å². The fourth-order valence-corrected chi connectivity index (χ4v) is 1.82. The molecule has 0 amide bonds. The highest BCUT2D eigenvalue weighted by Crippen LogP contribution is 2.01. The number of aryl methyl sites for hydroxylation is 1. The van der Waals surface area contributed by atoms with Gasteiger partial charge < -0.3 is 14.3 Å². The van der Waals surface area contributed by atoms with Gasteiger partial charge in [-0.25, -0.2) is 4.98 Å². The summed E-state index contributed by atoms with van der Waals surface area (Å²) in [5.41, 5.74) is 1.18. The van der Waals surface area contributed by atoms with Crippen LogP contribution in [0.5, 0.6) is 0 Å². The largest absolute Gasteiger partial charge is 0.472 e. The number of furan rings is 1. The molecule has 4 heteroatoms. The van der Waals surface area contributed by atoms with Gasteiger partial charge in [0.15, 0.2) is 0 Å². The van der Waals surface area contributed by atoms with E-state index in [0.717, 1.165) is 32.5 Å². The summed E-state index contributed by atoms with van der Waals surface area (Å²) >= 11 is 0. The Morgan fingerprint density at radius 2 is 2.41 bits per heavy atom. The normalized spacial score (nSPS) is 10.9. The molecule has 2 aromatic heterocycles. The topological polar surface area (TPSA) is 43.0 Å². The van der Waals surface area contributed by atoms with Gasteiger partial charge in [0, 0.05) is 44.0 Å². The van der Waals surface area contributed by atoms with Crippen molar-refractivity contribution in [3.8, 4) is 0 Å². The maximum atomic E-state index is 5.01. The third kappa shape index (κ3) is 3.46. The van der Waals surface area contributed by atoms with E-state index >= 15 is 0 Å². The maximum absolute atomic E-state index is 5.01. The van der Waals surface area contributed by atoms with E-state index in [9.17, 15) is 0 Å². The van der Waals surface area contributed by atoms with E-state index in [1.807, 2.05) is 18.5 Å². The van der Waals surface area contributed by atoms with Gasteiger partial charge >= 0.3 is 0 Å². The summed E-state index contributed by atoms with van der Waals surface area (Å²) in [7, 11) is 0. The highest BCUT2D eigenvalue weighted by Gasteiger charge is 2.00. The van der Waals surface area contributed by atoms with Crippen molar-refractivity contribution in [1.29, 1.82) is 0 Å². The molecule has 2 heterocycles. The van der Waals surface area contributed by atoms with Crippen LogP contribution in [0, 0.1) is 0 Å². The second-order valence-corrected chi connectivity index (χ2v) is 4.10. The summed E-state index contributed by atoms with van der Waals surface area (Å²) in [5.74, 6) is 1.18. The Morgan fingerprint density at radius 3 is 3.18 bits per heavy atom. The van der Waals surface area contributed by atoms with Gasteiger partial charge in [0.2, 0.25) is 0 Å². The molecular formula is C13H19N3O. The van der Waals surface area contributed by atoms with Gasteiger partial charge in [-0.05, 0) is 12.5 Å².